The number of aliphatic carboxylic acids is 1. The third-order valence-electron chi connectivity index (χ3n) is 4.98. The first kappa shape index (κ1) is 18.5. The van der Waals surface area contributed by atoms with Gasteiger partial charge in [-0.3, -0.25) is 14.5 Å². The molecule has 1 aromatic rings. The van der Waals surface area contributed by atoms with Crippen molar-refractivity contribution in [2.45, 2.75) is 45.7 Å². The quantitative estimate of drug-likeness (QED) is 0.805. The Kier molecular flexibility index (Phi) is 6.37. The normalized spacial score (nSPS) is 23.6. The highest BCUT2D eigenvalue weighted by atomic mass is 16.4. The molecule has 5 nitrogen and oxygen atoms in total. The van der Waals surface area contributed by atoms with Gasteiger partial charge in [-0.1, -0.05) is 50.6 Å². The smallest absolute Gasteiger partial charge is 0.308 e. The van der Waals surface area contributed by atoms with E-state index in [2.05, 4.69) is 12.2 Å². The fourth-order valence-electron chi connectivity index (χ4n) is 3.40. The van der Waals surface area contributed by atoms with Crippen LogP contribution in [0.15, 0.2) is 30.3 Å². The molecule has 0 aliphatic carbocycles. The lowest BCUT2D eigenvalue weighted by Crippen LogP contribution is -2.45. The Morgan fingerprint density at radius 1 is 1.29 bits per heavy atom. The summed E-state index contributed by atoms with van der Waals surface area (Å²) in [6, 6.07) is 9.67. The van der Waals surface area contributed by atoms with Crippen molar-refractivity contribution in [3.05, 3.63) is 35.9 Å². The number of carboxylic acids is 1. The average molecular weight is 332 g/mol. The maximum atomic E-state index is 12.7. The summed E-state index contributed by atoms with van der Waals surface area (Å²) >= 11 is 0. The number of likely N-dealkylation sites (tertiary alicyclic amines) is 1. The summed E-state index contributed by atoms with van der Waals surface area (Å²) in [6.45, 7) is 6.99. The number of nitrogens with zero attached hydrogens (tertiary/aromatic N) is 1. The van der Waals surface area contributed by atoms with Crippen LogP contribution in [0.25, 0.3) is 0 Å². The Morgan fingerprint density at radius 3 is 2.50 bits per heavy atom. The van der Waals surface area contributed by atoms with E-state index in [9.17, 15) is 14.7 Å². The Morgan fingerprint density at radius 2 is 1.96 bits per heavy atom. The minimum absolute atomic E-state index is 0.00134. The van der Waals surface area contributed by atoms with Gasteiger partial charge in [0.25, 0.3) is 0 Å². The van der Waals surface area contributed by atoms with Crippen LogP contribution in [0.3, 0.4) is 0 Å². The van der Waals surface area contributed by atoms with Crippen LogP contribution < -0.4 is 5.32 Å². The van der Waals surface area contributed by atoms with Gasteiger partial charge in [0.05, 0.1) is 18.0 Å². The van der Waals surface area contributed by atoms with Gasteiger partial charge in [-0.15, -0.1) is 0 Å². The van der Waals surface area contributed by atoms with Crippen LogP contribution in [-0.4, -0.2) is 41.0 Å². The standard InChI is InChI=1S/C19H28N2O3/c1-4-8-17(15-9-6-5-7-10-15)20-18(22)14(3)21-11-13(2)16(12-21)19(23)24/h5-7,9-10,13-14,16-17H,4,8,11-12H2,1-3H3,(H,20,22)(H,23,24)/t13-,14?,16-,17?/m1/s1. The van der Waals surface area contributed by atoms with Crippen LogP contribution >= 0.6 is 0 Å². The van der Waals surface area contributed by atoms with Crippen LogP contribution in [0, 0.1) is 11.8 Å². The molecule has 0 radical (unpaired) electrons. The van der Waals surface area contributed by atoms with Crippen LogP contribution in [-0.2, 0) is 9.59 Å². The van der Waals surface area contributed by atoms with Crippen LogP contribution in [0.2, 0.25) is 0 Å². The average Bonchev–Trinajstić information content (AvgIpc) is 2.96. The van der Waals surface area contributed by atoms with Crippen molar-refractivity contribution in [2.24, 2.45) is 11.8 Å². The highest BCUT2D eigenvalue weighted by Crippen LogP contribution is 2.25. The van der Waals surface area contributed by atoms with Gasteiger partial charge in [-0.05, 0) is 24.8 Å². The molecule has 0 spiro atoms. The van der Waals surface area contributed by atoms with Crippen molar-refractivity contribution >= 4 is 11.9 Å². The fraction of sp³-hybridized carbons (Fsp3) is 0.579. The van der Waals surface area contributed by atoms with Gasteiger partial charge < -0.3 is 10.4 Å². The highest BCUT2D eigenvalue weighted by Gasteiger charge is 2.38. The molecular weight excluding hydrogens is 304 g/mol. The van der Waals surface area contributed by atoms with Crippen molar-refractivity contribution < 1.29 is 14.7 Å². The minimum atomic E-state index is -0.772. The van der Waals surface area contributed by atoms with Crippen molar-refractivity contribution in [1.29, 1.82) is 0 Å². The van der Waals surface area contributed by atoms with Crippen molar-refractivity contribution in [2.75, 3.05) is 13.1 Å². The minimum Gasteiger partial charge on any atom is -0.481 e. The SMILES string of the molecule is CCCC(NC(=O)C(C)N1C[C@@H](C)[C@H](C(=O)O)C1)c1ccccc1. The van der Waals surface area contributed by atoms with Crippen molar-refractivity contribution in [3.8, 4) is 0 Å². The number of benzene rings is 1. The number of hydrogen-bond donors (Lipinski definition) is 2. The summed E-state index contributed by atoms with van der Waals surface area (Å²) in [7, 11) is 0. The van der Waals surface area contributed by atoms with E-state index < -0.39 is 5.97 Å². The summed E-state index contributed by atoms with van der Waals surface area (Å²) in [6.07, 6.45) is 1.87. The summed E-state index contributed by atoms with van der Waals surface area (Å²) in [5.74, 6) is -1.12. The van der Waals surface area contributed by atoms with E-state index in [4.69, 9.17) is 0 Å². The van der Waals surface area contributed by atoms with Gasteiger partial charge in [0, 0.05) is 13.1 Å². The molecule has 1 aliphatic heterocycles. The first-order valence-corrected chi connectivity index (χ1v) is 8.76. The number of carbonyl (C=O) groups is 2. The second-order valence-electron chi connectivity index (χ2n) is 6.81. The molecule has 0 saturated carbocycles. The maximum absolute atomic E-state index is 12.7. The molecule has 2 unspecified atom stereocenters. The number of amides is 1. The van der Waals surface area contributed by atoms with E-state index in [1.807, 2.05) is 49.1 Å². The molecular formula is C19H28N2O3. The molecule has 24 heavy (non-hydrogen) atoms. The number of hydrogen-bond acceptors (Lipinski definition) is 3. The number of nitrogens with one attached hydrogen (secondary N) is 1. The third-order valence-corrected chi connectivity index (χ3v) is 4.98. The molecule has 1 amide bonds. The van der Waals surface area contributed by atoms with Crippen molar-refractivity contribution in [1.82, 2.24) is 10.2 Å². The Labute approximate surface area is 144 Å². The van der Waals surface area contributed by atoms with Gasteiger partial charge in [-0.2, -0.15) is 0 Å². The van der Waals surface area contributed by atoms with Gasteiger partial charge >= 0.3 is 5.97 Å². The largest absolute Gasteiger partial charge is 0.481 e. The molecule has 1 fully saturated rings. The lowest BCUT2D eigenvalue weighted by Gasteiger charge is -2.26. The molecule has 0 bridgehead atoms. The van der Waals surface area contributed by atoms with E-state index in [-0.39, 0.29) is 29.8 Å². The van der Waals surface area contributed by atoms with Crippen LogP contribution in [0.4, 0.5) is 0 Å². The summed E-state index contributed by atoms with van der Waals surface area (Å²) in [5, 5.41) is 12.4. The first-order chi connectivity index (χ1) is 11.4. The van der Waals surface area contributed by atoms with E-state index in [1.165, 1.54) is 0 Å². The monoisotopic (exact) mass is 332 g/mol. The van der Waals surface area contributed by atoms with Gasteiger partial charge in [0.1, 0.15) is 0 Å². The molecule has 5 heteroatoms. The number of carbonyl (C=O) groups excluding carboxylic acids is 1. The van der Waals surface area contributed by atoms with E-state index >= 15 is 0 Å². The summed E-state index contributed by atoms with van der Waals surface area (Å²) in [5.41, 5.74) is 1.11. The second kappa shape index (κ2) is 8.29. The lowest BCUT2D eigenvalue weighted by atomic mass is 9.99. The number of carboxylic acid groups (broad SMARTS) is 1. The van der Waals surface area contributed by atoms with Gasteiger partial charge in [0.15, 0.2) is 0 Å². The second-order valence-corrected chi connectivity index (χ2v) is 6.81. The Balaban J connectivity index is 2.01. The zero-order valence-corrected chi connectivity index (χ0v) is 14.7. The third kappa shape index (κ3) is 4.35. The molecule has 1 aromatic carbocycles. The molecule has 1 heterocycles. The lowest BCUT2D eigenvalue weighted by molar-refractivity contribution is -0.142. The predicted octanol–water partition coefficient (Wildman–Crippen LogP) is 2.69. The van der Waals surface area contributed by atoms with Crippen LogP contribution in [0.5, 0.6) is 0 Å². The van der Waals surface area contributed by atoms with Crippen LogP contribution in [0.1, 0.15) is 45.2 Å². The predicted molar refractivity (Wildman–Crippen MR) is 93.6 cm³/mol. The first-order valence-electron chi connectivity index (χ1n) is 8.76. The molecule has 132 valence electrons. The van der Waals surface area contributed by atoms with Gasteiger partial charge in [-0.25, -0.2) is 0 Å². The zero-order chi connectivity index (χ0) is 17.7. The van der Waals surface area contributed by atoms with E-state index in [1.54, 1.807) is 0 Å². The van der Waals surface area contributed by atoms with E-state index in [0.29, 0.717) is 13.1 Å². The maximum Gasteiger partial charge on any atom is 0.308 e. The molecule has 2 N–H and O–H groups in total. The fourth-order valence-corrected chi connectivity index (χ4v) is 3.40. The zero-order valence-electron chi connectivity index (χ0n) is 14.7. The molecule has 2 rings (SSSR count). The molecule has 1 saturated heterocycles. The molecule has 0 aromatic heterocycles. The van der Waals surface area contributed by atoms with Crippen molar-refractivity contribution in [3.63, 3.8) is 0 Å². The Bertz CT molecular complexity index is 561. The Hall–Kier alpha value is -1.88. The van der Waals surface area contributed by atoms with E-state index in [0.717, 1.165) is 18.4 Å². The summed E-state index contributed by atoms with van der Waals surface area (Å²) in [4.78, 5) is 25.9. The van der Waals surface area contributed by atoms with Gasteiger partial charge in [0.2, 0.25) is 5.91 Å². The summed E-state index contributed by atoms with van der Waals surface area (Å²) < 4.78 is 0. The topological polar surface area (TPSA) is 69.6 Å². The molecule has 4 atom stereocenters. The number of rotatable bonds is 7. The highest BCUT2D eigenvalue weighted by molar-refractivity contribution is 5.82. The molecule has 1 aliphatic rings.